The third-order valence-corrected chi connectivity index (χ3v) is 3.83. The van der Waals surface area contributed by atoms with Crippen molar-refractivity contribution in [2.24, 2.45) is 5.92 Å². The second kappa shape index (κ2) is 6.74. The summed E-state index contributed by atoms with van der Waals surface area (Å²) in [6.45, 7) is 6.66. The first-order valence-corrected chi connectivity index (χ1v) is 7.41. The number of nitrogens with one attached hydrogen (secondary N) is 1. The molecule has 1 aliphatic heterocycles. The minimum Gasteiger partial charge on any atom is -0.393 e. The van der Waals surface area contributed by atoms with Gasteiger partial charge in [0, 0.05) is 25.7 Å². The Morgan fingerprint density at radius 3 is 2.75 bits per heavy atom. The van der Waals surface area contributed by atoms with Crippen LogP contribution in [0.15, 0.2) is 6.07 Å². The summed E-state index contributed by atoms with van der Waals surface area (Å²) in [6.07, 6.45) is 2.78. The number of hydrogen-bond acceptors (Lipinski definition) is 6. The quantitative estimate of drug-likeness (QED) is 0.756. The normalized spacial score (nSPS) is 18.1. The summed E-state index contributed by atoms with van der Waals surface area (Å²) >= 11 is 0. The van der Waals surface area contributed by atoms with Crippen molar-refractivity contribution < 1.29 is 5.11 Å². The van der Waals surface area contributed by atoms with Gasteiger partial charge in [-0.05, 0) is 32.1 Å². The van der Waals surface area contributed by atoms with Crippen molar-refractivity contribution in [3.05, 3.63) is 6.07 Å². The van der Waals surface area contributed by atoms with Gasteiger partial charge in [0.1, 0.15) is 11.6 Å². The predicted octanol–water partition coefficient (Wildman–Crippen LogP) is 1.48. The zero-order chi connectivity index (χ0) is 14.5. The van der Waals surface area contributed by atoms with Gasteiger partial charge in [0.2, 0.25) is 5.95 Å². The molecule has 0 spiro atoms. The molecule has 1 fully saturated rings. The van der Waals surface area contributed by atoms with Crippen LogP contribution in [0.4, 0.5) is 17.6 Å². The van der Waals surface area contributed by atoms with Gasteiger partial charge in [-0.2, -0.15) is 9.97 Å². The molecule has 1 saturated heterocycles. The summed E-state index contributed by atoms with van der Waals surface area (Å²) in [6, 6.07) is 1.95. The highest BCUT2D eigenvalue weighted by atomic mass is 16.3. The standard InChI is InChI=1S/C14H25N5O/c1-3-6-16-12-9-13(18-14(15)17-12)19-7-4-11(5-8-19)10(2)20/h9-11,20H,3-8H2,1-2H3,(H3,15,16,17,18). The molecule has 4 N–H and O–H groups in total. The average Bonchev–Trinajstić information content (AvgIpc) is 2.44. The van der Waals surface area contributed by atoms with Gasteiger partial charge < -0.3 is 21.1 Å². The van der Waals surface area contributed by atoms with E-state index in [1.165, 1.54) is 0 Å². The number of nitrogens with two attached hydrogens (primary N) is 1. The Morgan fingerprint density at radius 2 is 2.15 bits per heavy atom. The lowest BCUT2D eigenvalue weighted by atomic mass is 9.92. The molecule has 0 radical (unpaired) electrons. The number of aliphatic hydroxyl groups excluding tert-OH is 1. The first kappa shape index (κ1) is 14.8. The summed E-state index contributed by atoms with van der Waals surface area (Å²) in [7, 11) is 0. The van der Waals surface area contributed by atoms with Crippen molar-refractivity contribution in [1.82, 2.24) is 9.97 Å². The number of piperidine rings is 1. The zero-order valence-corrected chi connectivity index (χ0v) is 12.3. The van der Waals surface area contributed by atoms with E-state index in [4.69, 9.17) is 5.73 Å². The van der Waals surface area contributed by atoms with Crippen LogP contribution in [0.5, 0.6) is 0 Å². The van der Waals surface area contributed by atoms with Gasteiger partial charge in [-0.3, -0.25) is 0 Å². The van der Waals surface area contributed by atoms with Crippen molar-refractivity contribution in [1.29, 1.82) is 0 Å². The lowest BCUT2D eigenvalue weighted by Crippen LogP contribution is -2.37. The van der Waals surface area contributed by atoms with E-state index in [-0.39, 0.29) is 6.10 Å². The van der Waals surface area contributed by atoms with Crippen LogP contribution < -0.4 is 16.0 Å². The van der Waals surface area contributed by atoms with E-state index in [2.05, 4.69) is 27.1 Å². The summed E-state index contributed by atoms with van der Waals surface area (Å²) in [5.74, 6) is 2.36. The molecule has 1 unspecified atom stereocenters. The van der Waals surface area contributed by atoms with Crippen LogP contribution >= 0.6 is 0 Å². The second-order valence-electron chi connectivity index (χ2n) is 5.46. The fourth-order valence-electron chi connectivity index (χ4n) is 2.57. The fraction of sp³-hybridized carbons (Fsp3) is 0.714. The van der Waals surface area contributed by atoms with Gasteiger partial charge in [-0.25, -0.2) is 0 Å². The van der Waals surface area contributed by atoms with Crippen molar-refractivity contribution >= 4 is 17.6 Å². The first-order chi connectivity index (χ1) is 9.60. The number of nitrogen functional groups attached to an aromatic ring is 1. The lowest BCUT2D eigenvalue weighted by Gasteiger charge is -2.34. The van der Waals surface area contributed by atoms with Crippen molar-refractivity contribution in [3.8, 4) is 0 Å². The fourth-order valence-corrected chi connectivity index (χ4v) is 2.57. The van der Waals surface area contributed by atoms with Crippen molar-refractivity contribution in [2.45, 2.75) is 39.2 Å². The van der Waals surface area contributed by atoms with Crippen LogP contribution in [0.2, 0.25) is 0 Å². The van der Waals surface area contributed by atoms with Gasteiger partial charge >= 0.3 is 0 Å². The summed E-state index contributed by atoms with van der Waals surface area (Å²) in [5, 5.41) is 12.9. The summed E-state index contributed by atoms with van der Waals surface area (Å²) in [5.41, 5.74) is 5.78. The predicted molar refractivity (Wildman–Crippen MR) is 81.8 cm³/mol. The zero-order valence-electron chi connectivity index (χ0n) is 12.3. The Morgan fingerprint density at radius 1 is 1.45 bits per heavy atom. The molecule has 0 aliphatic carbocycles. The molecule has 1 aliphatic rings. The monoisotopic (exact) mass is 279 g/mol. The molecule has 6 heteroatoms. The maximum absolute atomic E-state index is 9.65. The molecule has 1 aromatic heterocycles. The topological polar surface area (TPSA) is 87.3 Å². The van der Waals surface area contributed by atoms with E-state index >= 15 is 0 Å². The van der Waals surface area contributed by atoms with Gasteiger partial charge in [0.25, 0.3) is 0 Å². The van der Waals surface area contributed by atoms with Crippen LogP contribution in [0.3, 0.4) is 0 Å². The van der Waals surface area contributed by atoms with Crippen LogP contribution in [0.25, 0.3) is 0 Å². The summed E-state index contributed by atoms with van der Waals surface area (Å²) in [4.78, 5) is 10.7. The van der Waals surface area contributed by atoms with Crippen LogP contribution in [0.1, 0.15) is 33.1 Å². The summed E-state index contributed by atoms with van der Waals surface area (Å²) < 4.78 is 0. The molecule has 0 aromatic carbocycles. The highest BCUT2D eigenvalue weighted by Crippen LogP contribution is 2.25. The van der Waals surface area contributed by atoms with Gasteiger partial charge in [0.15, 0.2) is 0 Å². The smallest absolute Gasteiger partial charge is 0.223 e. The van der Waals surface area contributed by atoms with E-state index in [1.807, 2.05) is 13.0 Å². The first-order valence-electron chi connectivity index (χ1n) is 7.41. The third kappa shape index (κ3) is 3.72. The largest absolute Gasteiger partial charge is 0.393 e. The number of rotatable bonds is 5. The molecule has 0 amide bonds. The van der Waals surface area contributed by atoms with Crippen LogP contribution in [0, 0.1) is 5.92 Å². The van der Waals surface area contributed by atoms with Crippen molar-refractivity contribution in [3.63, 3.8) is 0 Å². The minimum absolute atomic E-state index is 0.227. The van der Waals surface area contributed by atoms with Crippen LogP contribution in [-0.2, 0) is 0 Å². The molecule has 112 valence electrons. The third-order valence-electron chi connectivity index (χ3n) is 3.83. The van der Waals surface area contributed by atoms with E-state index in [1.54, 1.807) is 0 Å². The Hall–Kier alpha value is -1.56. The van der Waals surface area contributed by atoms with Gasteiger partial charge in [-0.15, -0.1) is 0 Å². The average molecular weight is 279 g/mol. The molecule has 1 aromatic rings. The SMILES string of the molecule is CCCNc1cc(N2CCC(C(C)O)CC2)nc(N)n1. The van der Waals surface area contributed by atoms with E-state index in [0.717, 1.165) is 50.5 Å². The van der Waals surface area contributed by atoms with Crippen LogP contribution in [-0.4, -0.2) is 40.8 Å². The highest BCUT2D eigenvalue weighted by Gasteiger charge is 2.23. The molecular formula is C14H25N5O. The molecule has 0 saturated carbocycles. The molecule has 1 atom stereocenters. The van der Waals surface area contributed by atoms with Crippen molar-refractivity contribution in [2.75, 3.05) is 35.6 Å². The minimum atomic E-state index is -0.227. The molecule has 2 rings (SSSR count). The van der Waals surface area contributed by atoms with E-state index < -0.39 is 0 Å². The Labute approximate surface area is 120 Å². The highest BCUT2D eigenvalue weighted by molar-refractivity contribution is 5.52. The maximum atomic E-state index is 9.65. The molecule has 2 heterocycles. The number of aliphatic hydroxyl groups is 1. The maximum Gasteiger partial charge on any atom is 0.223 e. The number of aromatic nitrogens is 2. The Balaban J connectivity index is 2.03. The number of hydrogen-bond donors (Lipinski definition) is 3. The lowest BCUT2D eigenvalue weighted by molar-refractivity contribution is 0.110. The molecule has 6 nitrogen and oxygen atoms in total. The second-order valence-corrected chi connectivity index (χ2v) is 5.46. The van der Waals surface area contributed by atoms with Gasteiger partial charge in [0.05, 0.1) is 6.10 Å². The number of anilines is 3. The Bertz CT molecular complexity index is 430. The molecule has 20 heavy (non-hydrogen) atoms. The number of nitrogens with zero attached hydrogens (tertiary/aromatic N) is 3. The van der Waals surface area contributed by atoms with E-state index in [9.17, 15) is 5.11 Å². The Kier molecular flexibility index (Phi) is 5.00. The van der Waals surface area contributed by atoms with E-state index in [0.29, 0.717) is 11.9 Å². The molecule has 0 bridgehead atoms. The molecular weight excluding hydrogens is 254 g/mol. The van der Waals surface area contributed by atoms with Gasteiger partial charge in [-0.1, -0.05) is 6.92 Å².